The van der Waals surface area contributed by atoms with Crippen molar-refractivity contribution >= 4 is 38.5 Å². The summed E-state index contributed by atoms with van der Waals surface area (Å²) >= 11 is 0.795. The van der Waals surface area contributed by atoms with E-state index in [1.165, 1.54) is 6.07 Å². The average molecular weight is 338 g/mol. The molecule has 0 radical (unpaired) electrons. The second-order valence-corrected chi connectivity index (χ2v) is 6.75. The van der Waals surface area contributed by atoms with E-state index in [-0.39, 0.29) is 15.8 Å². The lowest BCUT2D eigenvalue weighted by molar-refractivity contribution is -0.274. The minimum atomic E-state index is -4.83. The fourth-order valence-electron chi connectivity index (χ4n) is 1.88. The topological polar surface area (TPSA) is 76.0 Å². The lowest BCUT2D eigenvalue weighted by Crippen LogP contribution is -2.41. The highest BCUT2D eigenvalue weighted by atomic mass is 32.2. The molecule has 6 nitrogen and oxygen atoms in total. The van der Waals surface area contributed by atoms with Crippen molar-refractivity contribution in [2.45, 2.75) is 11.3 Å². The molecule has 2 aliphatic heterocycles. The maximum absolute atomic E-state index is 12.2. The van der Waals surface area contributed by atoms with Crippen molar-refractivity contribution < 1.29 is 31.1 Å². The molecule has 3 rings (SSSR count). The van der Waals surface area contributed by atoms with Crippen LogP contribution >= 0.6 is 11.8 Å². The third-order valence-corrected chi connectivity index (χ3v) is 4.75. The Morgan fingerprint density at radius 1 is 1.33 bits per heavy atom. The van der Waals surface area contributed by atoms with Crippen LogP contribution in [-0.2, 0) is 14.8 Å². The first-order valence-electron chi connectivity index (χ1n) is 5.38. The normalized spacial score (nSPS) is 19.9. The van der Waals surface area contributed by atoms with Crippen LogP contribution in [0.3, 0.4) is 0 Å². The summed E-state index contributed by atoms with van der Waals surface area (Å²) in [5.41, 5.74) is 0.285. The van der Waals surface area contributed by atoms with E-state index >= 15 is 0 Å². The number of nitrogens with zero attached hydrogens (tertiary/aromatic N) is 2. The zero-order valence-corrected chi connectivity index (χ0v) is 11.5. The number of carbonyl (C=O) groups is 1. The monoisotopic (exact) mass is 338 g/mol. The molecule has 0 spiro atoms. The zero-order valence-electron chi connectivity index (χ0n) is 9.92. The van der Waals surface area contributed by atoms with Crippen molar-refractivity contribution in [2.75, 3.05) is 10.7 Å². The minimum absolute atomic E-state index is 0.0922. The molecule has 0 saturated heterocycles. The summed E-state index contributed by atoms with van der Waals surface area (Å²) in [4.78, 5) is 13.1. The number of benzene rings is 1. The van der Waals surface area contributed by atoms with E-state index in [0.29, 0.717) is 0 Å². The maximum atomic E-state index is 12.2. The fourth-order valence-corrected chi connectivity index (χ4v) is 4.12. The predicted molar refractivity (Wildman–Crippen MR) is 67.7 cm³/mol. The Balaban J connectivity index is 2.01. The van der Waals surface area contributed by atoms with Gasteiger partial charge < -0.3 is 4.74 Å². The van der Waals surface area contributed by atoms with Gasteiger partial charge in [-0.1, -0.05) is 0 Å². The Kier molecular flexibility index (Phi) is 2.95. The highest BCUT2D eigenvalue weighted by Crippen LogP contribution is 2.44. The van der Waals surface area contributed by atoms with Gasteiger partial charge in [-0.3, -0.25) is 9.69 Å². The van der Waals surface area contributed by atoms with Crippen LogP contribution in [0.1, 0.15) is 0 Å². The summed E-state index contributed by atoms with van der Waals surface area (Å²) in [5, 5.41) is -0.0922. The Labute approximate surface area is 120 Å². The van der Waals surface area contributed by atoms with E-state index in [4.69, 9.17) is 0 Å². The number of carbonyl (C=O) groups excluding carboxylic acids is 1. The molecule has 11 heteroatoms. The Hall–Kier alpha value is -1.75. The SMILES string of the molecule is O=C1CS(=O)(=O)N=C2Sc3cc(OC(F)(F)F)ccc3N12. The molecule has 112 valence electrons. The molecule has 0 unspecified atom stereocenters. The highest BCUT2D eigenvalue weighted by Gasteiger charge is 2.40. The van der Waals surface area contributed by atoms with Crippen LogP contribution in [-0.4, -0.2) is 31.6 Å². The van der Waals surface area contributed by atoms with Gasteiger partial charge in [0, 0.05) is 4.90 Å². The summed E-state index contributed by atoms with van der Waals surface area (Å²) in [7, 11) is -3.88. The average Bonchev–Trinajstić information content (AvgIpc) is 2.61. The molecule has 0 fully saturated rings. The number of anilines is 1. The van der Waals surface area contributed by atoms with Gasteiger partial charge in [0.25, 0.3) is 10.0 Å². The van der Waals surface area contributed by atoms with Crippen LogP contribution in [0.5, 0.6) is 5.75 Å². The highest BCUT2D eigenvalue weighted by molar-refractivity contribution is 8.15. The maximum Gasteiger partial charge on any atom is 0.573 e. The third-order valence-electron chi connectivity index (χ3n) is 2.57. The van der Waals surface area contributed by atoms with Crippen molar-refractivity contribution in [1.29, 1.82) is 0 Å². The summed E-state index contributed by atoms with van der Waals surface area (Å²) in [6.07, 6.45) is -4.83. The third kappa shape index (κ3) is 2.70. The molecule has 0 bridgehead atoms. The standard InChI is InChI=1S/C10H5F3N2O4S2/c11-10(12,13)19-5-1-2-6-7(3-5)20-9-14-21(17,18)4-8(16)15(6)9/h1-3H,4H2. The van der Waals surface area contributed by atoms with Gasteiger partial charge in [0.05, 0.1) is 5.69 Å². The Morgan fingerprint density at radius 2 is 2.05 bits per heavy atom. The van der Waals surface area contributed by atoms with Crippen LogP contribution in [0, 0.1) is 0 Å². The van der Waals surface area contributed by atoms with E-state index in [9.17, 15) is 26.4 Å². The lowest BCUT2D eigenvalue weighted by atomic mass is 10.3. The first kappa shape index (κ1) is 14.2. The summed E-state index contributed by atoms with van der Waals surface area (Å²) < 4.78 is 66.5. The summed E-state index contributed by atoms with van der Waals surface area (Å²) in [6, 6.07) is 3.38. The number of fused-ring (bicyclic) bond motifs is 3. The first-order chi connectivity index (χ1) is 9.65. The fraction of sp³-hybridized carbons (Fsp3) is 0.200. The number of sulfonamides is 1. The minimum Gasteiger partial charge on any atom is -0.406 e. The van der Waals surface area contributed by atoms with Gasteiger partial charge in [-0.05, 0) is 30.0 Å². The molecule has 0 saturated carbocycles. The quantitative estimate of drug-likeness (QED) is 0.779. The van der Waals surface area contributed by atoms with Gasteiger partial charge in [-0.2, -0.15) is 0 Å². The lowest BCUT2D eigenvalue weighted by Gasteiger charge is -2.20. The molecule has 0 N–H and O–H groups in total. The number of halogens is 3. The molecule has 1 aromatic carbocycles. The largest absolute Gasteiger partial charge is 0.573 e. The molecule has 0 atom stereocenters. The van der Waals surface area contributed by atoms with Gasteiger partial charge in [0.15, 0.2) is 10.9 Å². The van der Waals surface area contributed by atoms with Gasteiger partial charge in [0.1, 0.15) is 5.75 Å². The number of ether oxygens (including phenoxy) is 1. The molecule has 1 aromatic rings. The number of amides is 1. The zero-order chi connectivity index (χ0) is 15.4. The van der Waals surface area contributed by atoms with Crippen molar-refractivity contribution in [3.63, 3.8) is 0 Å². The Bertz CT molecular complexity index is 773. The molecular weight excluding hydrogens is 333 g/mol. The second kappa shape index (κ2) is 4.37. The van der Waals surface area contributed by atoms with Crippen LogP contribution in [0.2, 0.25) is 0 Å². The first-order valence-corrected chi connectivity index (χ1v) is 7.80. The number of alkyl halides is 3. The number of amidine groups is 1. The van der Waals surface area contributed by atoms with Crippen LogP contribution in [0.4, 0.5) is 18.9 Å². The molecular formula is C10H5F3N2O4S2. The smallest absolute Gasteiger partial charge is 0.406 e. The van der Waals surface area contributed by atoms with E-state index < -0.39 is 33.8 Å². The molecule has 2 heterocycles. The second-order valence-electron chi connectivity index (χ2n) is 4.11. The number of hydrogen-bond donors (Lipinski definition) is 0. The van der Waals surface area contributed by atoms with E-state index in [0.717, 1.165) is 28.8 Å². The molecule has 21 heavy (non-hydrogen) atoms. The summed E-state index contributed by atoms with van der Waals surface area (Å²) in [6.45, 7) is 0. The van der Waals surface area contributed by atoms with Gasteiger partial charge in [0.2, 0.25) is 5.91 Å². The van der Waals surface area contributed by atoms with Gasteiger partial charge in [-0.15, -0.1) is 17.6 Å². The molecule has 0 aliphatic carbocycles. The van der Waals surface area contributed by atoms with Crippen LogP contribution in [0.15, 0.2) is 27.5 Å². The number of rotatable bonds is 1. The number of hydrogen-bond acceptors (Lipinski definition) is 5. The molecule has 0 aromatic heterocycles. The Morgan fingerprint density at radius 3 is 2.71 bits per heavy atom. The van der Waals surface area contributed by atoms with Gasteiger partial charge >= 0.3 is 6.36 Å². The summed E-state index contributed by atoms with van der Waals surface area (Å²) in [5.74, 6) is -1.92. The molecule has 2 aliphatic rings. The van der Waals surface area contributed by atoms with E-state index in [2.05, 4.69) is 9.13 Å². The van der Waals surface area contributed by atoms with E-state index in [1.807, 2.05) is 0 Å². The van der Waals surface area contributed by atoms with E-state index in [1.54, 1.807) is 0 Å². The van der Waals surface area contributed by atoms with Crippen molar-refractivity contribution in [3.05, 3.63) is 18.2 Å². The predicted octanol–water partition coefficient (Wildman–Crippen LogP) is 1.72. The number of thioether (sulfide) groups is 1. The van der Waals surface area contributed by atoms with Crippen molar-refractivity contribution in [1.82, 2.24) is 0 Å². The van der Waals surface area contributed by atoms with Crippen LogP contribution in [0.25, 0.3) is 0 Å². The van der Waals surface area contributed by atoms with Gasteiger partial charge in [-0.25, -0.2) is 8.42 Å². The molecule has 1 amide bonds. The van der Waals surface area contributed by atoms with Crippen LogP contribution < -0.4 is 9.64 Å². The van der Waals surface area contributed by atoms with Crippen molar-refractivity contribution in [2.24, 2.45) is 4.40 Å². The van der Waals surface area contributed by atoms with Crippen molar-refractivity contribution in [3.8, 4) is 5.75 Å².